The average Bonchev–Trinajstić information content (AvgIpc) is 2.70. The average molecular weight is 315 g/mol. The summed E-state index contributed by atoms with van der Waals surface area (Å²) in [4.78, 5) is 3.96. The van der Waals surface area contributed by atoms with Crippen molar-refractivity contribution in [3.63, 3.8) is 0 Å². The lowest BCUT2D eigenvalue weighted by molar-refractivity contribution is 0.621. The quantitative estimate of drug-likeness (QED) is 0.676. The number of hydrogen-bond acceptors (Lipinski definition) is 5. The molecule has 0 bridgehead atoms. The van der Waals surface area contributed by atoms with Crippen molar-refractivity contribution in [2.45, 2.75) is 0 Å². The highest BCUT2D eigenvalue weighted by molar-refractivity contribution is 9.10. The van der Waals surface area contributed by atoms with Crippen molar-refractivity contribution in [1.82, 2.24) is 4.98 Å². The molecule has 0 spiro atoms. The van der Waals surface area contributed by atoms with Gasteiger partial charge in [-0.25, -0.2) is 9.37 Å². The van der Waals surface area contributed by atoms with Crippen LogP contribution in [0.25, 0.3) is 0 Å². The standard InChI is InChI=1S/C10H8BrFN4S/c11-7-2-1-6(3-8(7)12)4-14-16-10-15-9(13)5-17-10/h1-5H,13H2,(H,15,16). The summed E-state index contributed by atoms with van der Waals surface area (Å²) in [5.41, 5.74) is 8.82. The van der Waals surface area contributed by atoms with Crippen molar-refractivity contribution < 1.29 is 4.39 Å². The molecule has 0 unspecified atom stereocenters. The molecule has 7 heteroatoms. The van der Waals surface area contributed by atoms with Gasteiger partial charge < -0.3 is 5.73 Å². The number of benzene rings is 1. The lowest BCUT2D eigenvalue weighted by Crippen LogP contribution is -1.91. The molecule has 0 amide bonds. The number of anilines is 2. The Labute approximate surface area is 110 Å². The van der Waals surface area contributed by atoms with E-state index in [1.165, 1.54) is 23.6 Å². The number of rotatable bonds is 3. The predicted molar refractivity (Wildman–Crippen MR) is 71.8 cm³/mol. The van der Waals surface area contributed by atoms with E-state index in [1.54, 1.807) is 17.5 Å². The Morgan fingerprint density at radius 3 is 3.00 bits per heavy atom. The molecule has 0 aliphatic carbocycles. The topological polar surface area (TPSA) is 63.3 Å². The Balaban J connectivity index is 2.03. The van der Waals surface area contributed by atoms with Crippen molar-refractivity contribution >= 4 is 44.4 Å². The fourth-order valence-corrected chi connectivity index (χ4v) is 1.89. The van der Waals surface area contributed by atoms with Gasteiger partial charge in [-0.05, 0) is 33.6 Å². The number of thiazole rings is 1. The normalized spacial score (nSPS) is 10.9. The Morgan fingerprint density at radius 2 is 2.35 bits per heavy atom. The van der Waals surface area contributed by atoms with Gasteiger partial charge in [0.1, 0.15) is 11.6 Å². The molecule has 1 aromatic carbocycles. The zero-order chi connectivity index (χ0) is 12.3. The maximum absolute atomic E-state index is 13.2. The van der Waals surface area contributed by atoms with Crippen molar-refractivity contribution in [1.29, 1.82) is 0 Å². The SMILES string of the molecule is Nc1csc(NN=Cc2ccc(Br)c(F)c2)n1. The Morgan fingerprint density at radius 1 is 1.53 bits per heavy atom. The van der Waals surface area contributed by atoms with Gasteiger partial charge in [0.15, 0.2) is 0 Å². The zero-order valence-corrected chi connectivity index (χ0v) is 10.9. The number of halogens is 2. The minimum absolute atomic E-state index is 0.326. The monoisotopic (exact) mass is 314 g/mol. The summed E-state index contributed by atoms with van der Waals surface area (Å²) in [7, 11) is 0. The third kappa shape index (κ3) is 3.24. The first kappa shape index (κ1) is 12.0. The Hall–Kier alpha value is -1.47. The molecule has 0 saturated carbocycles. The summed E-state index contributed by atoms with van der Waals surface area (Å²) in [5, 5.41) is 6.23. The van der Waals surface area contributed by atoms with Crippen LogP contribution in [0.3, 0.4) is 0 Å². The molecule has 2 rings (SSSR count). The van der Waals surface area contributed by atoms with Crippen LogP contribution in [0.4, 0.5) is 15.3 Å². The van der Waals surface area contributed by atoms with Gasteiger partial charge in [-0.2, -0.15) is 5.10 Å². The number of nitrogens with two attached hydrogens (primary N) is 1. The van der Waals surface area contributed by atoms with Gasteiger partial charge in [0.2, 0.25) is 5.13 Å². The van der Waals surface area contributed by atoms with Crippen LogP contribution in [0.5, 0.6) is 0 Å². The summed E-state index contributed by atoms with van der Waals surface area (Å²) in [5.74, 6) is 0.120. The van der Waals surface area contributed by atoms with E-state index in [4.69, 9.17) is 5.73 Å². The van der Waals surface area contributed by atoms with E-state index in [9.17, 15) is 4.39 Å². The summed E-state index contributed by atoms with van der Waals surface area (Å²) >= 11 is 4.43. The molecule has 1 aromatic heterocycles. The van der Waals surface area contributed by atoms with Crippen molar-refractivity contribution in [3.05, 3.63) is 39.4 Å². The summed E-state index contributed by atoms with van der Waals surface area (Å²) < 4.78 is 13.6. The van der Waals surface area contributed by atoms with E-state index in [0.717, 1.165) is 0 Å². The number of nitrogen functional groups attached to an aromatic ring is 1. The molecule has 0 atom stereocenters. The van der Waals surface area contributed by atoms with Gasteiger partial charge in [-0.15, -0.1) is 11.3 Å². The zero-order valence-electron chi connectivity index (χ0n) is 8.52. The molecule has 1 heterocycles. The number of nitrogens with one attached hydrogen (secondary N) is 1. The molecule has 0 saturated heterocycles. The maximum atomic E-state index is 13.2. The fourth-order valence-electron chi connectivity index (χ4n) is 1.09. The third-order valence-electron chi connectivity index (χ3n) is 1.84. The highest BCUT2D eigenvalue weighted by Gasteiger charge is 1.99. The van der Waals surface area contributed by atoms with Crippen molar-refractivity contribution in [2.75, 3.05) is 11.2 Å². The second-order valence-electron chi connectivity index (χ2n) is 3.12. The van der Waals surface area contributed by atoms with Gasteiger partial charge in [-0.1, -0.05) is 6.07 Å². The fraction of sp³-hybridized carbons (Fsp3) is 0. The second kappa shape index (κ2) is 5.24. The molecular formula is C10H8BrFN4S. The Kier molecular flexibility index (Phi) is 3.70. The third-order valence-corrected chi connectivity index (χ3v) is 3.25. The molecule has 17 heavy (non-hydrogen) atoms. The van der Waals surface area contributed by atoms with Crippen LogP contribution in [-0.2, 0) is 0 Å². The molecule has 0 aliphatic rings. The van der Waals surface area contributed by atoms with Gasteiger partial charge >= 0.3 is 0 Å². The Bertz CT molecular complexity index is 555. The molecule has 0 aliphatic heterocycles. The van der Waals surface area contributed by atoms with E-state index in [2.05, 4.69) is 31.4 Å². The van der Waals surface area contributed by atoms with Crippen LogP contribution in [0.1, 0.15) is 5.56 Å². The largest absolute Gasteiger partial charge is 0.383 e. The van der Waals surface area contributed by atoms with Gasteiger partial charge in [-0.3, -0.25) is 5.43 Å². The van der Waals surface area contributed by atoms with Crippen LogP contribution in [-0.4, -0.2) is 11.2 Å². The van der Waals surface area contributed by atoms with E-state index in [1.807, 2.05) is 0 Å². The van der Waals surface area contributed by atoms with E-state index < -0.39 is 0 Å². The van der Waals surface area contributed by atoms with Gasteiger partial charge in [0.25, 0.3) is 0 Å². The number of aromatic nitrogens is 1. The van der Waals surface area contributed by atoms with Gasteiger partial charge in [0.05, 0.1) is 10.7 Å². The van der Waals surface area contributed by atoms with E-state index >= 15 is 0 Å². The lowest BCUT2D eigenvalue weighted by atomic mass is 10.2. The first-order valence-electron chi connectivity index (χ1n) is 4.60. The van der Waals surface area contributed by atoms with Gasteiger partial charge in [0, 0.05) is 5.38 Å². The molecule has 3 N–H and O–H groups in total. The van der Waals surface area contributed by atoms with Crippen LogP contribution in [0, 0.1) is 5.82 Å². The molecular weight excluding hydrogens is 307 g/mol. The maximum Gasteiger partial charge on any atom is 0.205 e. The minimum atomic E-state index is -0.326. The lowest BCUT2D eigenvalue weighted by Gasteiger charge is -1.96. The summed E-state index contributed by atoms with van der Waals surface area (Å²) in [6.45, 7) is 0. The second-order valence-corrected chi connectivity index (χ2v) is 4.83. The number of hydrogen-bond donors (Lipinski definition) is 2. The van der Waals surface area contributed by atoms with Crippen LogP contribution in [0.15, 0.2) is 33.2 Å². The molecule has 0 fully saturated rings. The molecule has 2 aromatic rings. The van der Waals surface area contributed by atoms with Crippen LogP contribution in [0.2, 0.25) is 0 Å². The van der Waals surface area contributed by atoms with E-state index in [-0.39, 0.29) is 5.82 Å². The first-order chi connectivity index (χ1) is 8.15. The minimum Gasteiger partial charge on any atom is -0.383 e. The summed E-state index contributed by atoms with van der Waals surface area (Å²) in [6, 6.07) is 4.75. The highest BCUT2D eigenvalue weighted by atomic mass is 79.9. The van der Waals surface area contributed by atoms with E-state index in [0.29, 0.717) is 21.0 Å². The highest BCUT2D eigenvalue weighted by Crippen LogP contribution is 2.17. The van der Waals surface area contributed by atoms with Crippen LogP contribution < -0.4 is 11.2 Å². The summed E-state index contributed by atoms with van der Waals surface area (Å²) in [6.07, 6.45) is 1.51. The number of hydrazone groups is 1. The molecule has 88 valence electrons. The van der Waals surface area contributed by atoms with Crippen LogP contribution >= 0.6 is 27.3 Å². The first-order valence-corrected chi connectivity index (χ1v) is 6.27. The van der Waals surface area contributed by atoms with Crippen molar-refractivity contribution in [2.24, 2.45) is 5.10 Å². The molecule has 4 nitrogen and oxygen atoms in total. The number of nitrogens with zero attached hydrogens (tertiary/aromatic N) is 2. The van der Waals surface area contributed by atoms with Crippen molar-refractivity contribution in [3.8, 4) is 0 Å². The molecule has 0 radical (unpaired) electrons. The predicted octanol–water partition coefficient (Wildman–Crippen LogP) is 3.07. The smallest absolute Gasteiger partial charge is 0.205 e.